The Labute approximate surface area is 118 Å². The molecule has 0 radical (unpaired) electrons. The smallest absolute Gasteiger partial charge is 0.186 e. The van der Waals surface area contributed by atoms with Crippen LogP contribution in [0.1, 0.15) is 23.7 Å². The highest BCUT2D eigenvalue weighted by Crippen LogP contribution is 2.20. The zero-order valence-electron chi connectivity index (χ0n) is 11.8. The van der Waals surface area contributed by atoms with Crippen LogP contribution in [-0.4, -0.2) is 16.5 Å². The monoisotopic (exact) mass is 274 g/mol. The molecule has 0 aliphatic heterocycles. The van der Waals surface area contributed by atoms with Crippen LogP contribution >= 0.6 is 0 Å². The van der Waals surface area contributed by atoms with E-state index in [0.717, 1.165) is 11.1 Å². The standard InChI is InChI=1S/C15H19FN4/c1-3-20(15-14(16)11(2)18-10-19-15)9-13-7-5-4-6-12(13)8-17/h4-7,10H,3,8-9,17H2,1-2H3. The van der Waals surface area contributed by atoms with E-state index in [2.05, 4.69) is 9.97 Å². The van der Waals surface area contributed by atoms with Crippen LogP contribution in [0.2, 0.25) is 0 Å². The molecule has 0 atom stereocenters. The van der Waals surface area contributed by atoms with Crippen molar-refractivity contribution in [2.75, 3.05) is 11.4 Å². The van der Waals surface area contributed by atoms with Gasteiger partial charge in [0, 0.05) is 19.6 Å². The summed E-state index contributed by atoms with van der Waals surface area (Å²) in [4.78, 5) is 9.82. The number of rotatable bonds is 5. The second-order valence-corrected chi connectivity index (χ2v) is 4.58. The fraction of sp³-hybridized carbons (Fsp3) is 0.333. The predicted molar refractivity (Wildman–Crippen MR) is 77.8 cm³/mol. The van der Waals surface area contributed by atoms with Gasteiger partial charge in [-0.25, -0.2) is 14.4 Å². The van der Waals surface area contributed by atoms with Crippen molar-refractivity contribution in [2.24, 2.45) is 5.73 Å². The lowest BCUT2D eigenvalue weighted by Gasteiger charge is -2.23. The summed E-state index contributed by atoms with van der Waals surface area (Å²) in [5, 5.41) is 0. The van der Waals surface area contributed by atoms with Crippen LogP contribution in [0, 0.1) is 12.7 Å². The van der Waals surface area contributed by atoms with Gasteiger partial charge < -0.3 is 10.6 Å². The van der Waals surface area contributed by atoms with Crippen molar-refractivity contribution in [1.82, 2.24) is 9.97 Å². The first kappa shape index (κ1) is 14.4. The second-order valence-electron chi connectivity index (χ2n) is 4.58. The van der Waals surface area contributed by atoms with Crippen LogP contribution in [0.15, 0.2) is 30.6 Å². The molecule has 20 heavy (non-hydrogen) atoms. The first-order chi connectivity index (χ1) is 9.67. The van der Waals surface area contributed by atoms with Crippen LogP contribution in [0.25, 0.3) is 0 Å². The van der Waals surface area contributed by atoms with Crippen LogP contribution in [-0.2, 0) is 13.1 Å². The Morgan fingerprint density at radius 2 is 1.90 bits per heavy atom. The number of aryl methyl sites for hydroxylation is 1. The molecule has 0 aliphatic carbocycles. The molecule has 0 spiro atoms. The third kappa shape index (κ3) is 2.93. The molecule has 0 saturated heterocycles. The molecule has 1 aromatic carbocycles. The van der Waals surface area contributed by atoms with Gasteiger partial charge >= 0.3 is 0 Å². The number of halogens is 1. The van der Waals surface area contributed by atoms with E-state index >= 15 is 0 Å². The van der Waals surface area contributed by atoms with E-state index in [1.807, 2.05) is 36.1 Å². The zero-order chi connectivity index (χ0) is 14.5. The van der Waals surface area contributed by atoms with Crippen molar-refractivity contribution < 1.29 is 4.39 Å². The molecule has 2 rings (SSSR count). The zero-order valence-corrected chi connectivity index (χ0v) is 11.8. The van der Waals surface area contributed by atoms with E-state index in [4.69, 9.17) is 5.73 Å². The molecule has 0 aliphatic rings. The second kappa shape index (κ2) is 6.43. The summed E-state index contributed by atoms with van der Waals surface area (Å²) < 4.78 is 14.1. The van der Waals surface area contributed by atoms with Crippen molar-refractivity contribution in [3.8, 4) is 0 Å². The highest BCUT2D eigenvalue weighted by Gasteiger charge is 2.15. The molecule has 0 saturated carbocycles. The van der Waals surface area contributed by atoms with Gasteiger partial charge in [0.2, 0.25) is 0 Å². The summed E-state index contributed by atoms with van der Waals surface area (Å²) in [5.74, 6) is -0.0218. The average molecular weight is 274 g/mol. The van der Waals surface area contributed by atoms with Gasteiger partial charge in [0.15, 0.2) is 11.6 Å². The molecule has 0 amide bonds. The fourth-order valence-electron chi connectivity index (χ4n) is 2.12. The van der Waals surface area contributed by atoms with Gasteiger partial charge in [-0.1, -0.05) is 24.3 Å². The first-order valence-corrected chi connectivity index (χ1v) is 6.66. The van der Waals surface area contributed by atoms with E-state index < -0.39 is 0 Å². The van der Waals surface area contributed by atoms with Gasteiger partial charge in [0.25, 0.3) is 0 Å². The van der Waals surface area contributed by atoms with Crippen molar-refractivity contribution in [1.29, 1.82) is 0 Å². The van der Waals surface area contributed by atoms with Crippen LogP contribution in [0.4, 0.5) is 10.2 Å². The summed E-state index contributed by atoms with van der Waals surface area (Å²) >= 11 is 0. The van der Waals surface area contributed by atoms with E-state index in [1.165, 1.54) is 6.33 Å². The summed E-state index contributed by atoms with van der Waals surface area (Å²) in [6, 6.07) is 7.92. The van der Waals surface area contributed by atoms with Crippen LogP contribution in [0.3, 0.4) is 0 Å². The Kier molecular flexibility index (Phi) is 4.63. The third-order valence-corrected chi connectivity index (χ3v) is 3.33. The number of hydrogen-bond acceptors (Lipinski definition) is 4. The van der Waals surface area contributed by atoms with Gasteiger partial charge in [-0.2, -0.15) is 0 Å². The predicted octanol–water partition coefficient (Wildman–Crippen LogP) is 2.41. The van der Waals surface area contributed by atoms with Gasteiger partial charge in [0.05, 0.1) is 5.69 Å². The Hall–Kier alpha value is -2.01. The quantitative estimate of drug-likeness (QED) is 0.909. The summed E-state index contributed by atoms with van der Waals surface area (Å²) in [6.07, 6.45) is 1.39. The van der Waals surface area contributed by atoms with Crippen molar-refractivity contribution in [3.63, 3.8) is 0 Å². The minimum absolute atomic E-state index is 0.340. The lowest BCUT2D eigenvalue weighted by atomic mass is 10.1. The summed E-state index contributed by atoms with van der Waals surface area (Å²) in [5.41, 5.74) is 8.26. The highest BCUT2D eigenvalue weighted by molar-refractivity contribution is 5.42. The fourth-order valence-corrected chi connectivity index (χ4v) is 2.12. The number of nitrogens with two attached hydrogens (primary N) is 1. The molecule has 0 unspecified atom stereocenters. The molecular formula is C15H19FN4. The maximum absolute atomic E-state index is 14.1. The number of anilines is 1. The van der Waals surface area contributed by atoms with Gasteiger partial charge in [-0.3, -0.25) is 0 Å². The Balaban J connectivity index is 2.31. The van der Waals surface area contributed by atoms with E-state index in [0.29, 0.717) is 31.1 Å². The molecule has 0 fully saturated rings. The number of benzene rings is 1. The lowest BCUT2D eigenvalue weighted by Crippen LogP contribution is -2.25. The first-order valence-electron chi connectivity index (χ1n) is 6.66. The molecule has 4 nitrogen and oxygen atoms in total. The van der Waals surface area contributed by atoms with Gasteiger partial charge in [-0.15, -0.1) is 0 Å². The van der Waals surface area contributed by atoms with Crippen molar-refractivity contribution in [2.45, 2.75) is 26.9 Å². The molecule has 106 valence electrons. The van der Waals surface area contributed by atoms with Crippen molar-refractivity contribution in [3.05, 3.63) is 53.2 Å². The minimum Gasteiger partial charge on any atom is -0.350 e. The van der Waals surface area contributed by atoms with Crippen molar-refractivity contribution >= 4 is 5.82 Å². The minimum atomic E-state index is -0.362. The molecule has 2 N–H and O–H groups in total. The summed E-state index contributed by atoms with van der Waals surface area (Å²) in [7, 11) is 0. The Morgan fingerprint density at radius 1 is 1.20 bits per heavy atom. The number of hydrogen-bond donors (Lipinski definition) is 1. The number of nitrogens with zero attached hydrogens (tertiary/aromatic N) is 3. The van der Waals surface area contributed by atoms with E-state index in [9.17, 15) is 4.39 Å². The van der Waals surface area contributed by atoms with Crippen LogP contribution < -0.4 is 10.6 Å². The molecule has 2 aromatic rings. The topological polar surface area (TPSA) is 55.0 Å². The van der Waals surface area contributed by atoms with Gasteiger partial charge in [-0.05, 0) is 25.0 Å². The molecular weight excluding hydrogens is 255 g/mol. The summed E-state index contributed by atoms with van der Waals surface area (Å²) in [6.45, 7) is 5.33. The van der Waals surface area contributed by atoms with E-state index in [-0.39, 0.29) is 5.82 Å². The highest BCUT2D eigenvalue weighted by atomic mass is 19.1. The maximum Gasteiger partial charge on any atom is 0.186 e. The molecule has 5 heteroatoms. The largest absolute Gasteiger partial charge is 0.350 e. The Morgan fingerprint density at radius 3 is 2.55 bits per heavy atom. The average Bonchev–Trinajstić information content (AvgIpc) is 2.48. The molecule has 1 aromatic heterocycles. The van der Waals surface area contributed by atoms with Gasteiger partial charge in [0.1, 0.15) is 6.33 Å². The Bertz CT molecular complexity index is 586. The maximum atomic E-state index is 14.1. The van der Waals surface area contributed by atoms with E-state index in [1.54, 1.807) is 6.92 Å². The SMILES string of the molecule is CCN(Cc1ccccc1CN)c1ncnc(C)c1F. The number of aromatic nitrogens is 2. The van der Waals surface area contributed by atoms with Crippen LogP contribution in [0.5, 0.6) is 0 Å². The molecule has 1 heterocycles. The third-order valence-electron chi connectivity index (χ3n) is 3.33. The lowest BCUT2D eigenvalue weighted by molar-refractivity contribution is 0.590. The molecule has 0 bridgehead atoms. The normalized spacial score (nSPS) is 10.6.